The van der Waals surface area contributed by atoms with Crippen molar-refractivity contribution in [2.45, 2.75) is 32.7 Å². The van der Waals surface area contributed by atoms with Gasteiger partial charge in [0, 0.05) is 25.2 Å². The lowest BCUT2D eigenvalue weighted by Gasteiger charge is -2.33. The first kappa shape index (κ1) is 14.1. The summed E-state index contributed by atoms with van der Waals surface area (Å²) in [6, 6.07) is 2.48. The summed E-state index contributed by atoms with van der Waals surface area (Å²) < 4.78 is 5.14. The molecule has 0 spiro atoms. The van der Waals surface area contributed by atoms with Crippen molar-refractivity contribution in [2.24, 2.45) is 5.92 Å². The molecule has 0 radical (unpaired) electrons. The van der Waals surface area contributed by atoms with Crippen molar-refractivity contribution in [1.29, 1.82) is 0 Å². The lowest BCUT2D eigenvalue weighted by Crippen LogP contribution is -2.39. The van der Waals surface area contributed by atoms with Gasteiger partial charge in [-0.25, -0.2) is 9.97 Å². The average molecular weight is 264 g/mol. The number of nitrogens with one attached hydrogen (secondary N) is 1. The molecule has 0 saturated carbocycles. The molecule has 1 saturated heterocycles. The SMILES string of the molecule is COc1cc(N2CCC(CNC(C)C)CC2)ncn1. The maximum Gasteiger partial charge on any atom is 0.218 e. The van der Waals surface area contributed by atoms with Crippen molar-refractivity contribution in [1.82, 2.24) is 15.3 Å². The minimum Gasteiger partial charge on any atom is -0.481 e. The Balaban J connectivity index is 1.85. The first-order valence-corrected chi connectivity index (χ1v) is 7.03. The molecule has 1 aliphatic heterocycles. The topological polar surface area (TPSA) is 50.3 Å². The lowest BCUT2D eigenvalue weighted by molar-refractivity contribution is 0.368. The quantitative estimate of drug-likeness (QED) is 0.877. The molecule has 5 heteroatoms. The molecule has 1 aromatic heterocycles. The summed E-state index contributed by atoms with van der Waals surface area (Å²) in [4.78, 5) is 10.7. The fourth-order valence-corrected chi connectivity index (χ4v) is 2.38. The van der Waals surface area contributed by atoms with Crippen LogP contribution in [0.25, 0.3) is 0 Å². The molecular formula is C14H24N4O. The van der Waals surface area contributed by atoms with Crippen molar-refractivity contribution in [3.8, 4) is 5.88 Å². The van der Waals surface area contributed by atoms with Crippen LogP contribution in [0.15, 0.2) is 12.4 Å². The zero-order valence-corrected chi connectivity index (χ0v) is 12.1. The molecule has 0 aromatic carbocycles. The van der Waals surface area contributed by atoms with E-state index in [0.717, 1.165) is 31.4 Å². The average Bonchev–Trinajstić information content (AvgIpc) is 2.45. The molecule has 106 valence electrons. The van der Waals surface area contributed by atoms with Crippen molar-refractivity contribution >= 4 is 5.82 Å². The van der Waals surface area contributed by atoms with Crippen LogP contribution >= 0.6 is 0 Å². The van der Waals surface area contributed by atoms with Crippen LogP contribution in [-0.2, 0) is 0 Å². The number of hydrogen-bond donors (Lipinski definition) is 1. The molecule has 0 unspecified atom stereocenters. The molecule has 19 heavy (non-hydrogen) atoms. The molecule has 0 aliphatic carbocycles. The highest BCUT2D eigenvalue weighted by Gasteiger charge is 2.20. The Morgan fingerprint density at radius 2 is 2.11 bits per heavy atom. The number of aromatic nitrogens is 2. The van der Waals surface area contributed by atoms with Gasteiger partial charge in [-0.2, -0.15) is 0 Å². The fraction of sp³-hybridized carbons (Fsp3) is 0.714. The van der Waals surface area contributed by atoms with Gasteiger partial charge in [0.2, 0.25) is 5.88 Å². The number of methoxy groups -OCH3 is 1. The number of anilines is 1. The Hall–Kier alpha value is -1.36. The Morgan fingerprint density at radius 1 is 1.37 bits per heavy atom. The third-order valence-corrected chi connectivity index (χ3v) is 3.59. The summed E-state index contributed by atoms with van der Waals surface area (Å²) in [7, 11) is 1.63. The number of piperidine rings is 1. The zero-order valence-electron chi connectivity index (χ0n) is 12.1. The Bertz CT molecular complexity index is 389. The molecule has 1 aromatic rings. The second kappa shape index (κ2) is 6.70. The predicted molar refractivity (Wildman–Crippen MR) is 76.7 cm³/mol. The van der Waals surface area contributed by atoms with Crippen LogP contribution in [0, 0.1) is 5.92 Å². The Morgan fingerprint density at radius 3 is 2.74 bits per heavy atom. The predicted octanol–water partition coefficient (Wildman–Crippen LogP) is 1.70. The van der Waals surface area contributed by atoms with Crippen LogP contribution in [0.3, 0.4) is 0 Å². The first-order chi connectivity index (χ1) is 9.19. The Labute approximate surface area is 115 Å². The largest absolute Gasteiger partial charge is 0.481 e. The van der Waals surface area contributed by atoms with Crippen LogP contribution in [0.2, 0.25) is 0 Å². The van der Waals surface area contributed by atoms with Gasteiger partial charge in [-0.3, -0.25) is 0 Å². The highest BCUT2D eigenvalue weighted by atomic mass is 16.5. The molecule has 0 amide bonds. The van der Waals surface area contributed by atoms with E-state index in [0.29, 0.717) is 11.9 Å². The van der Waals surface area contributed by atoms with Crippen LogP contribution in [-0.4, -0.2) is 42.8 Å². The molecule has 5 nitrogen and oxygen atoms in total. The summed E-state index contributed by atoms with van der Waals surface area (Å²) in [5.41, 5.74) is 0. The van der Waals surface area contributed by atoms with E-state index >= 15 is 0 Å². The molecule has 0 atom stereocenters. The first-order valence-electron chi connectivity index (χ1n) is 7.03. The van der Waals surface area contributed by atoms with Crippen LogP contribution in [0.4, 0.5) is 5.82 Å². The van der Waals surface area contributed by atoms with Gasteiger partial charge in [0.15, 0.2) is 0 Å². The van der Waals surface area contributed by atoms with E-state index in [9.17, 15) is 0 Å². The van der Waals surface area contributed by atoms with E-state index in [4.69, 9.17) is 4.74 Å². The van der Waals surface area contributed by atoms with Gasteiger partial charge in [0.25, 0.3) is 0 Å². The second-order valence-corrected chi connectivity index (χ2v) is 5.41. The monoisotopic (exact) mass is 264 g/mol. The van der Waals surface area contributed by atoms with Crippen molar-refractivity contribution in [2.75, 3.05) is 31.6 Å². The smallest absolute Gasteiger partial charge is 0.218 e. The number of nitrogens with zero attached hydrogens (tertiary/aromatic N) is 3. The summed E-state index contributed by atoms with van der Waals surface area (Å²) in [5.74, 6) is 2.39. The van der Waals surface area contributed by atoms with Crippen LogP contribution in [0.5, 0.6) is 5.88 Å². The number of ether oxygens (including phenoxy) is 1. The molecule has 1 N–H and O–H groups in total. The van der Waals surface area contributed by atoms with Crippen molar-refractivity contribution < 1.29 is 4.74 Å². The second-order valence-electron chi connectivity index (χ2n) is 5.41. The minimum atomic E-state index is 0.573. The molecule has 2 heterocycles. The number of hydrogen-bond acceptors (Lipinski definition) is 5. The normalized spacial score (nSPS) is 16.9. The van der Waals surface area contributed by atoms with Crippen LogP contribution in [0.1, 0.15) is 26.7 Å². The van der Waals surface area contributed by atoms with Crippen molar-refractivity contribution in [3.63, 3.8) is 0 Å². The van der Waals surface area contributed by atoms with Gasteiger partial charge in [-0.15, -0.1) is 0 Å². The lowest BCUT2D eigenvalue weighted by atomic mass is 9.96. The third-order valence-electron chi connectivity index (χ3n) is 3.59. The molecular weight excluding hydrogens is 240 g/mol. The van der Waals surface area contributed by atoms with E-state index in [2.05, 4.69) is 34.0 Å². The maximum atomic E-state index is 5.14. The van der Waals surface area contributed by atoms with E-state index in [-0.39, 0.29) is 0 Å². The van der Waals surface area contributed by atoms with Gasteiger partial charge in [0.05, 0.1) is 7.11 Å². The van der Waals surface area contributed by atoms with Crippen LogP contribution < -0.4 is 15.0 Å². The highest BCUT2D eigenvalue weighted by molar-refractivity contribution is 5.41. The van der Waals surface area contributed by atoms with E-state index < -0.39 is 0 Å². The molecule has 0 bridgehead atoms. The molecule has 2 rings (SSSR count). The minimum absolute atomic E-state index is 0.573. The molecule has 1 aliphatic rings. The zero-order chi connectivity index (χ0) is 13.7. The van der Waals surface area contributed by atoms with Gasteiger partial charge in [-0.05, 0) is 25.3 Å². The molecule has 1 fully saturated rings. The van der Waals surface area contributed by atoms with E-state index in [1.54, 1.807) is 13.4 Å². The van der Waals surface area contributed by atoms with E-state index in [1.165, 1.54) is 12.8 Å². The van der Waals surface area contributed by atoms with Gasteiger partial charge in [-0.1, -0.05) is 13.8 Å². The highest BCUT2D eigenvalue weighted by Crippen LogP contribution is 2.22. The maximum absolute atomic E-state index is 5.14. The van der Waals surface area contributed by atoms with Gasteiger partial charge >= 0.3 is 0 Å². The Kier molecular flexibility index (Phi) is 4.96. The van der Waals surface area contributed by atoms with Crippen molar-refractivity contribution in [3.05, 3.63) is 12.4 Å². The summed E-state index contributed by atoms with van der Waals surface area (Å²) >= 11 is 0. The summed E-state index contributed by atoms with van der Waals surface area (Å²) in [6.45, 7) is 7.64. The fourth-order valence-electron chi connectivity index (χ4n) is 2.38. The van der Waals surface area contributed by atoms with Gasteiger partial charge in [0.1, 0.15) is 12.1 Å². The summed E-state index contributed by atoms with van der Waals surface area (Å²) in [5, 5.41) is 3.52. The van der Waals surface area contributed by atoms with E-state index in [1.807, 2.05) is 6.07 Å². The number of rotatable bonds is 5. The standard InChI is InChI=1S/C14H24N4O/c1-11(2)15-9-12-4-6-18(7-5-12)13-8-14(19-3)17-10-16-13/h8,10-12,15H,4-7,9H2,1-3H3. The van der Waals surface area contributed by atoms with Gasteiger partial charge < -0.3 is 15.0 Å². The third kappa shape index (κ3) is 4.06. The summed E-state index contributed by atoms with van der Waals surface area (Å²) in [6.07, 6.45) is 4.00.